The summed E-state index contributed by atoms with van der Waals surface area (Å²) < 4.78 is 25.8. The zero-order valence-electron chi connectivity index (χ0n) is 20.5. The largest absolute Gasteiger partial charge is 0.482 e. The lowest BCUT2D eigenvalue weighted by Crippen LogP contribution is -2.42. The van der Waals surface area contributed by atoms with Gasteiger partial charge in [-0.05, 0) is 45.4 Å². The molecule has 37 heavy (non-hydrogen) atoms. The number of fused-ring (bicyclic) bond motifs is 2. The fourth-order valence-corrected chi connectivity index (χ4v) is 3.45. The van der Waals surface area contributed by atoms with Gasteiger partial charge >= 0.3 is 5.97 Å². The Kier molecular flexibility index (Phi) is 6.79. The predicted molar refractivity (Wildman–Crippen MR) is 127 cm³/mol. The molecule has 194 valence electrons. The number of nitrogens with one attached hydrogen (secondary N) is 3. The zero-order chi connectivity index (χ0) is 26.9. The molecule has 0 bridgehead atoms. The van der Waals surface area contributed by atoms with E-state index in [2.05, 4.69) is 26.0 Å². The molecule has 0 aliphatic carbocycles. The first-order valence-electron chi connectivity index (χ1n) is 11.3. The molecule has 0 radical (unpaired) electrons. The standard InChI is InChI=1S/C24H25FN6O6/c1-12(23(35)37-24(2,3)4)28-22(34)17-8-16(30-20-14(25)10-27-31(17)20)21(33)26-9-13-5-6-18-15(7-13)29-19(32)11-36-18/h5-8,10,12H,9,11H2,1-4H3,(H,26,33)(H,28,34)(H,29,32)/t12-/m1/s1. The highest BCUT2D eigenvalue weighted by Crippen LogP contribution is 2.28. The van der Waals surface area contributed by atoms with Crippen molar-refractivity contribution < 1.29 is 33.0 Å². The van der Waals surface area contributed by atoms with Gasteiger partial charge in [0.1, 0.15) is 28.8 Å². The summed E-state index contributed by atoms with van der Waals surface area (Å²) in [6.07, 6.45) is 0.863. The minimum atomic E-state index is -1.03. The van der Waals surface area contributed by atoms with Crippen LogP contribution in [0.15, 0.2) is 30.5 Å². The van der Waals surface area contributed by atoms with Gasteiger partial charge in [0.15, 0.2) is 18.1 Å². The molecule has 0 saturated heterocycles. The average molecular weight is 512 g/mol. The van der Waals surface area contributed by atoms with Gasteiger partial charge in [0.05, 0.1) is 11.9 Å². The first kappa shape index (κ1) is 25.5. The SMILES string of the molecule is C[C@@H](NC(=O)c1cc(C(=O)NCc2ccc3c(c2)NC(=O)CO3)nc2c(F)cnn12)C(=O)OC(C)(C)C. The molecule has 0 unspecified atom stereocenters. The van der Waals surface area contributed by atoms with Crippen LogP contribution in [-0.2, 0) is 20.9 Å². The van der Waals surface area contributed by atoms with Crippen LogP contribution in [0.3, 0.4) is 0 Å². The molecule has 1 aliphatic rings. The van der Waals surface area contributed by atoms with Crippen LogP contribution in [0, 0.1) is 5.82 Å². The molecule has 1 aliphatic heterocycles. The van der Waals surface area contributed by atoms with Gasteiger partial charge in [-0.3, -0.25) is 14.4 Å². The molecule has 1 aromatic carbocycles. The summed E-state index contributed by atoms with van der Waals surface area (Å²) in [6, 6.07) is 5.14. The lowest BCUT2D eigenvalue weighted by atomic mass is 10.1. The van der Waals surface area contributed by atoms with E-state index in [0.717, 1.165) is 16.8 Å². The number of carbonyl (C=O) groups is 4. The van der Waals surface area contributed by atoms with Crippen molar-refractivity contribution in [2.45, 2.75) is 45.9 Å². The van der Waals surface area contributed by atoms with Gasteiger partial charge in [0.25, 0.3) is 17.7 Å². The first-order chi connectivity index (χ1) is 17.4. The number of ether oxygens (including phenoxy) is 2. The van der Waals surface area contributed by atoms with Crippen molar-refractivity contribution in [1.82, 2.24) is 25.2 Å². The molecule has 3 N–H and O–H groups in total. The molecule has 4 rings (SSSR count). The lowest BCUT2D eigenvalue weighted by molar-refractivity contribution is -0.156. The van der Waals surface area contributed by atoms with Gasteiger partial charge in [0.2, 0.25) is 0 Å². The second-order valence-electron chi connectivity index (χ2n) is 9.33. The van der Waals surface area contributed by atoms with Gasteiger partial charge in [-0.25, -0.2) is 18.7 Å². The Hall–Kier alpha value is -4.55. The second-order valence-corrected chi connectivity index (χ2v) is 9.33. The maximum Gasteiger partial charge on any atom is 0.328 e. The van der Waals surface area contributed by atoms with Crippen LogP contribution in [0.4, 0.5) is 10.1 Å². The topological polar surface area (TPSA) is 153 Å². The average Bonchev–Trinajstić information content (AvgIpc) is 3.21. The smallest absolute Gasteiger partial charge is 0.328 e. The fourth-order valence-electron chi connectivity index (χ4n) is 3.45. The molecular weight excluding hydrogens is 487 g/mol. The summed E-state index contributed by atoms with van der Waals surface area (Å²) in [5.74, 6) is -2.75. The highest BCUT2D eigenvalue weighted by atomic mass is 19.1. The minimum Gasteiger partial charge on any atom is -0.482 e. The molecule has 12 nitrogen and oxygen atoms in total. The van der Waals surface area contributed by atoms with E-state index in [0.29, 0.717) is 17.0 Å². The lowest BCUT2D eigenvalue weighted by Gasteiger charge is -2.22. The number of hydrogen-bond acceptors (Lipinski definition) is 8. The van der Waals surface area contributed by atoms with Crippen LogP contribution in [0.1, 0.15) is 54.2 Å². The number of nitrogens with zero attached hydrogens (tertiary/aromatic N) is 3. The van der Waals surface area contributed by atoms with Crippen LogP contribution in [0.25, 0.3) is 5.65 Å². The quantitative estimate of drug-likeness (QED) is 0.421. The van der Waals surface area contributed by atoms with Gasteiger partial charge < -0.3 is 25.4 Å². The van der Waals surface area contributed by atoms with Crippen LogP contribution in [-0.4, -0.2) is 56.5 Å². The summed E-state index contributed by atoms with van der Waals surface area (Å²) in [5, 5.41) is 11.6. The zero-order valence-corrected chi connectivity index (χ0v) is 20.5. The third-order valence-electron chi connectivity index (χ3n) is 5.13. The van der Waals surface area contributed by atoms with E-state index in [1.54, 1.807) is 39.0 Å². The summed E-state index contributed by atoms with van der Waals surface area (Å²) >= 11 is 0. The maximum atomic E-state index is 14.3. The summed E-state index contributed by atoms with van der Waals surface area (Å²) in [4.78, 5) is 53.6. The highest BCUT2D eigenvalue weighted by Gasteiger charge is 2.26. The number of esters is 1. The fraction of sp³-hybridized carbons (Fsp3) is 0.333. The number of rotatable bonds is 6. The van der Waals surface area contributed by atoms with E-state index in [1.165, 1.54) is 6.92 Å². The number of anilines is 1. The second kappa shape index (κ2) is 9.84. The summed E-state index contributed by atoms with van der Waals surface area (Å²) in [6.45, 7) is 6.49. The number of hydrogen-bond donors (Lipinski definition) is 3. The van der Waals surface area contributed by atoms with Crippen molar-refractivity contribution in [2.24, 2.45) is 0 Å². The Morgan fingerprint density at radius 2 is 2.00 bits per heavy atom. The molecule has 3 amide bonds. The van der Waals surface area contributed by atoms with Gasteiger partial charge in [0, 0.05) is 12.6 Å². The predicted octanol–water partition coefficient (Wildman–Crippen LogP) is 1.59. The monoisotopic (exact) mass is 512 g/mol. The van der Waals surface area contributed by atoms with Gasteiger partial charge in [-0.2, -0.15) is 5.10 Å². The molecule has 1 atom stereocenters. The third-order valence-corrected chi connectivity index (χ3v) is 5.13. The number of aromatic nitrogens is 3. The van der Waals surface area contributed by atoms with Crippen molar-refractivity contribution >= 4 is 35.0 Å². The molecule has 3 aromatic rings. The Balaban J connectivity index is 1.53. The van der Waals surface area contributed by atoms with Crippen molar-refractivity contribution in [2.75, 3.05) is 11.9 Å². The Morgan fingerprint density at radius 3 is 2.73 bits per heavy atom. The van der Waals surface area contributed by atoms with E-state index >= 15 is 0 Å². The number of benzene rings is 1. The van der Waals surface area contributed by atoms with E-state index in [9.17, 15) is 23.6 Å². The molecule has 3 heterocycles. The van der Waals surface area contributed by atoms with Gasteiger partial charge in [-0.15, -0.1) is 0 Å². The normalized spacial score (nSPS) is 13.7. The minimum absolute atomic E-state index is 0.0494. The molecule has 0 fully saturated rings. The molecular formula is C24H25FN6O6. The molecule has 0 spiro atoms. The summed E-state index contributed by atoms with van der Waals surface area (Å²) in [5.41, 5.74) is -0.413. The summed E-state index contributed by atoms with van der Waals surface area (Å²) in [7, 11) is 0. The van der Waals surface area contributed by atoms with Crippen LogP contribution in [0.5, 0.6) is 5.75 Å². The molecule has 0 saturated carbocycles. The Morgan fingerprint density at radius 1 is 1.24 bits per heavy atom. The Labute approximate surface area is 210 Å². The van der Waals surface area contributed by atoms with Crippen molar-refractivity contribution in [3.05, 3.63) is 53.2 Å². The Bertz CT molecular complexity index is 1410. The first-order valence-corrected chi connectivity index (χ1v) is 11.3. The van der Waals surface area contributed by atoms with E-state index in [4.69, 9.17) is 9.47 Å². The number of carbonyl (C=O) groups excluding carboxylic acids is 4. The van der Waals surface area contributed by atoms with Gasteiger partial charge in [-0.1, -0.05) is 6.07 Å². The number of amides is 3. The third kappa shape index (κ3) is 5.82. The van der Waals surface area contributed by atoms with Crippen LogP contribution < -0.4 is 20.7 Å². The van der Waals surface area contributed by atoms with E-state index in [1.807, 2.05) is 0 Å². The van der Waals surface area contributed by atoms with Crippen molar-refractivity contribution in [3.63, 3.8) is 0 Å². The maximum absolute atomic E-state index is 14.3. The highest BCUT2D eigenvalue weighted by molar-refractivity contribution is 5.99. The van der Waals surface area contributed by atoms with Crippen molar-refractivity contribution in [1.29, 1.82) is 0 Å². The van der Waals surface area contributed by atoms with Crippen LogP contribution >= 0.6 is 0 Å². The molecule has 13 heteroatoms. The molecule has 2 aromatic heterocycles. The van der Waals surface area contributed by atoms with E-state index < -0.39 is 35.2 Å². The van der Waals surface area contributed by atoms with E-state index in [-0.39, 0.29) is 36.1 Å². The number of halogens is 1. The van der Waals surface area contributed by atoms with Crippen LogP contribution in [0.2, 0.25) is 0 Å². The van der Waals surface area contributed by atoms with Crippen molar-refractivity contribution in [3.8, 4) is 5.75 Å².